The topological polar surface area (TPSA) is 38.0 Å². The van der Waals surface area contributed by atoms with E-state index in [2.05, 4.69) is 26.1 Å². The fourth-order valence-electron chi connectivity index (χ4n) is 2.32. The standard InChI is InChI=1S/C14H32N2/c1-5-7-8-13(9-10-16-4)11-12(3)14(15)6-2/h12-14,16H,5-11,15H2,1-4H3. The molecule has 0 amide bonds. The van der Waals surface area contributed by atoms with E-state index < -0.39 is 0 Å². The lowest BCUT2D eigenvalue weighted by Gasteiger charge is -2.24. The first kappa shape index (κ1) is 15.9. The lowest BCUT2D eigenvalue weighted by molar-refractivity contribution is 0.304. The summed E-state index contributed by atoms with van der Waals surface area (Å²) in [4.78, 5) is 0. The van der Waals surface area contributed by atoms with E-state index in [-0.39, 0.29) is 0 Å². The molecule has 3 atom stereocenters. The number of unbranched alkanes of at least 4 members (excludes halogenated alkanes) is 1. The van der Waals surface area contributed by atoms with Gasteiger partial charge in [-0.25, -0.2) is 0 Å². The molecule has 2 nitrogen and oxygen atoms in total. The first-order valence-corrected chi connectivity index (χ1v) is 7.05. The van der Waals surface area contributed by atoms with Gasteiger partial charge in [-0.1, -0.05) is 40.0 Å². The van der Waals surface area contributed by atoms with Crippen molar-refractivity contribution in [1.82, 2.24) is 5.32 Å². The van der Waals surface area contributed by atoms with E-state index >= 15 is 0 Å². The minimum atomic E-state index is 0.388. The van der Waals surface area contributed by atoms with E-state index in [4.69, 9.17) is 5.73 Å². The molecule has 0 aliphatic rings. The molecule has 0 heterocycles. The van der Waals surface area contributed by atoms with Crippen LogP contribution in [0.5, 0.6) is 0 Å². The Morgan fingerprint density at radius 3 is 2.38 bits per heavy atom. The highest BCUT2D eigenvalue weighted by molar-refractivity contribution is 4.72. The highest BCUT2D eigenvalue weighted by Crippen LogP contribution is 2.23. The second kappa shape index (κ2) is 10.1. The zero-order valence-electron chi connectivity index (χ0n) is 11.8. The molecule has 0 bridgehead atoms. The Morgan fingerprint density at radius 2 is 1.88 bits per heavy atom. The predicted octanol–water partition coefficient (Wildman–Crippen LogP) is 3.17. The van der Waals surface area contributed by atoms with Crippen LogP contribution in [0.1, 0.15) is 59.3 Å². The van der Waals surface area contributed by atoms with Crippen molar-refractivity contribution in [2.75, 3.05) is 13.6 Å². The number of rotatable bonds is 10. The summed E-state index contributed by atoms with van der Waals surface area (Å²) in [6.45, 7) is 7.92. The molecule has 0 rings (SSSR count). The van der Waals surface area contributed by atoms with E-state index in [9.17, 15) is 0 Å². The predicted molar refractivity (Wildman–Crippen MR) is 73.6 cm³/mol. The molecule has 0 fully saturated rings. The summed E-state index contributed by atoms with van der Waals surface area (Å²) in [5.41, 5.74) is 6.11. The molecular weight excluding hydrogens is 196 g/mol. The second-order valence-corrected chi connectivity index (χ2v) is 5.19. The van der Waals surface area contributed by atoms with Crippen LogP contribution in [0.25, 0.3) is 0 Å². The minimum absolute atomic E-state index is 0.388. The molecule has 0 aliphatic heterocycles. The third-order valence-corrected chi connectivity index (χ3v) is 3.68. The van der Waals surface area contributed by atoms with Crippen molar-refractivity contribution in [2.24, 2.45) is 17.6 Å². The van der Waals surface area contributed by atoms with Crippen LogP contribution >= 0.6 is 0 Å². The van der Waals surface area contributed by atoms with Crippen LogP contribution < -0.4 is 11.1 Å². The summed E-state index contributed by atoms with van der Waals surface area (Å²) < 4.78 is 0. The second-order valence-electron chi connectivity index (χ2n) is 5.19. The number of nitrogens with two attached hydrogens (primary N) is 1. The number of hydrogen-bond acceptors (Lipinski definition) is 2. The van der Waals surface area contributed by atoms with Gasteiger partial charge in [0.1, 0.15) is 0 Å². The van der Waals surface area contributed by atoms with Gasteiger partial charge in [-0.05, 0) is 44.7 Å². The molecule has 16 heavy (non-hydrogen) atoms. The molecule has 2 heteroatoms. The van der Waals surface area contributed by atoms with Crippen LogP contribution in [0.2, 0.25) is 0 Å². The Morgan fingerprint density at radius 1 is 1.19 bits per heavy atom. The van der Waals surface area contributed by atoms with Crippen molar-refractivity contribution in [3.8, 4) is 0 Å². The normalized spacial score (nSPS) is 17.1. The van der Waals surface area contributed by atoms with Gasteiger partial charge in [0.15, 0.2) is 0 Å². The molecular formula is C14H32N2. The molecule has 3 unspecified atom stereocenters. The lowest BCUT2D eigenvalue weighted by Crippen LogP contribution is -2.29. The Kier molecular flexibility index (Phi) is 10.0. The van der Waals surface area contributed by atoms with Crippen LogP contribution in [-0.4, -0.2) is 19.6 Å². The molecule has 0 aromatic rings. The summed E-state index contributed by atoms with van der Waals surface area (Å²) in [7, 11) is 2.04. The molecule has 3 N–H and O–H groups in total. The van der Waals surface area contributed by atoms with Crippen LogP contribution in [0, 0.1) is 11.8 Å². The Labute approximate surface area is 102 Å². The van der Waals surface area contributed by atoms with Crippen molar-refractivity contribution in [1.29, 1.82) is 0 Å². The van der Waals surface area contributed by atoms with Gasteiger partial charge in [-0.3, -0.25) is 0 Å². The monoisotopic (exact) mass is 228 g/mol. The van der Waals surface area contributed by atoms with Crippen molar-refractivity contribution in [3.63, 3.8) is 0 Å². The van der Waals surface area contributed by atoms with E-state index in [0.717, 1.165) is 18.9 Å². The average Bonchev–Trinajstić information content (AvgIpc) is 2.31. The fourth-order valence-corrected chi connectivity index (χ4v) is 2.32. The molecule has 98 valence electrons. The van der Waals surface area contributed by atoms with Crippen molar-refractivity contribution < 1.29 is 0 Å². The maximum Gasteiger partial charge on any atom is 0.00620 e. The van der Waals surface area contributed by atoms with E-state index in [1.165, 1.54) is 32.1 Å². The maximum absolute atomic E-state index is 6.11. The van der Waals surface area contributed by atoms with Crippen molar-refractivity contribution >= 4 is 0 Å². The van der Waals surface area contributed by atoms with Crippen molar-refractivity contribution in [2.45, 2.75) is 65.3 Å². The largest absolute Gasteiger partial charge is 0.327 e. The highest BCUT2D eigenvalue weighted by Gasteiger charge is 2.16. The third kappa shape index (κ3) is 7.24. The SMILES string of the molecule is CCCCC(CCNC)CC(C)C(N)CC. The minimum Gasteiger partial charge on any atom is -0.327 e. The van der Waals surface area contributed by atoms with Crippen LogP contribution in [0.4, 0.5) is 0 Å². The van der Waals surface area contributed by atoms with Crippen LogP contribution in [0.3, 0.4) is 0 Å². The highest BCUT2D eigenvalue weighted by atomic mass is 14.8. The van der Waals surface area contributed by atoms with Gasteiger partial charge in [0.25, 0.3) is 0 Å². The maximum atomic E-state index is 6.11. The van der Waals surface area contributed by atoms with Gasteiger partial charge in [-0.2, -0.15) is 0 Å². The number of hydrogen-bond donors (Lipinski definition) is 2. The van der Waals surface area contributed by atoms with Crippen molar-refractivity contribution in [3.05, 3.63) is 0 Å². The first-order valence-electron chi connectivity index (χ1n) is 7.05. The molecule has 0 aromatic heterocycles. The zero-order chi connectivity index (χ0) is 12.4. The third-order valence-electron chi connectivity index (χ3n) is 3.68. The van der Waals surface area contributed by atoms with Crippen LogP contribution in [-0.2, 0) is 0 Å². The average molecular weight is 228 g/mol. The summed E-state index contributed by atoms with van der Waals surface area (Å²) >= 11 is 0. The summed E-state index contributed by atoms with van der Waals surface area (Å²) in [6, 6.07) is 0.388. The lowest BCUT2D eigenvalue weighted by atomic mass is 9.85. The number of nitrogens with one attached hydrogen (secondary N) is 1. The van der Waals surface area contributed by atoms with Gasteiger partial charge in [-0.15, -0.1) is 0 Å². The first-order chi connectivity index (χ1) is 7.65. The van der Waals surface area contributed by atoms with E-state index in [0.29, 0.717) is 12.0 Å². The smallest absolute Gasteiger partial charge is 0.00620 e. The molecule has 0 spiro atoms. The molecule has 0 radical (unpaired) electrons. The summed E-state index contributed by atoms with van der Waals surface area (Å²) in [5, 5.41) is 3.26. The fraction of sp³-hybridized carbons (Fsp3) is 1.00. The Balaban J connectivity index is 3.96. The Hall–Kier alpha value is -0.0800. The van der Waals surface area contributed by atoms with E-state index in [1.54, 1.807) is 0 Å². The van der Waals surface area contributed by atoms with Gasteiger partial charge in [0, 0.05) is 6.04 Å². The molecule has 0 saturated carbocycles. The zero-order valence-corrected chi connectivity index (χ0v) is 11.8. The van der Waals surface area contributed by atoms with Gasteiger partial charge in [0.05, 0.1) is 0 Å². The summed E-state index contributed by atoms with van der Waals surface area (Å²) in [5.74, 6) is 1.53. The van der Waals surface area contributed by atoms with Gasteiger partial charge in [0.2, 0.25) is 0 Å². The van der Waals surface area contributed by atoms with E-state index in [1.807, 2.05) is 7.05 Å². The van der Waals surface area contributed by atoms with Gasteiger partial charge < -0.3 is 11.1 Å². The molecule has 0 aromatic carbocycles. The van der Waals surface area contributed by atoms with Gasteiger partial charge >= 0.3 is 0 Å². The Bertz CT molecular complexity index is 140. The molecule has 0 aliphatic carbocycles. The quantitative estimate of drug-likeness (QED) is 0.603. The summed E-state index contributed by atoms with van der Waals surface area (Å²) in [6.07, 6.45) is 7.76. The van der Waals surface area contributed by atoms with Crippen LogP contribution in [0.15, 0.2) is 0 Å². The molecule has 0 saturated heterocycles.